The Labute approximate surface area is 163 Å². The molecule has 0 aromatic heterocycles. The fraction of sp³-hybridized carbons (Fsp3) is 0.792. The number of unbranched alkanes of at least 4 members (excludes halogenated alkanes) is 14. The van der Waals surface area contributed by atoms with Crippen LogP contribution >= 0.6 is 0 Å². The SMILES string of the molecule is CCCCC/C=C/C/C=C/CCCCCCCCCCCCCC(=O)O. The molecule has 0 aliphatic rings. The molecule has 0 saturated heterocycles. The Balaban J connectivity index is 3.12. The molecule has 0 saturated carbocycles. The second-order valence-electron chi connectivity index (χ2n) is 7.50. The van der Waals surface area contributed by atoms with Crippen molar-refractivity contribution >= 4 is 5.97 Å². The number of rotatable bonds is 20. The van der Waals surface area contributed by atoms with Crippen LogP contribution in [0.2, 0.25) is 0 Å². The highest BCUT2D eigenvalue weighted by molar-refractivity contribution is 5.66. The van der Waals surface area contributed by atoms with E-state index in [0.29, 0.717) is 6.42 Å². The summed E-state index contributed by atoms with van der Waals surface area (Å²) in [5, 5.41) is 8.57. The zero-order chi connectivity index (χ0) is 19.1. The highest BCUT2D eigenvalue weighted by atomic mass is 16.4. The summed E-state index contributed by atoms with van der Waals surface area (Å²) in [5.74, 6) is -0.657. The van der Waals surface area contributed by atoms with Crippen molar-refractivity contribution in [3.05, 3.63) is 24.3 Å². The lowest BCUT2D eigenvalue weighted by molar-refractivity contribution is -0.137. The molecule has 0 aliphatic heterocycles. The van der Waals surface area contributed by atoms with Gasteiger partial charge in [0.2, 0.25) is 0 Å². The first-order valence-electron chi connectivity index (χ1n) is 11.3. The number of allylic oxidation sites excluding steroid dienone is 4. The lowest BCUT2D eigenvalue weighted by Gasteiger charge is -2.02. The predicted octanol–water partition coefficient (Wildman–Crippen LogP) is 8.23. The summed E-state index contributed by atoms with van der Waals surface area (Å²) in [4.78, 5) is 10.4. The average molecular weight is 365 g/mol. The third-order valence-electron chi connectivity index (χ3n) is 4.84. The highest BCUT2D eigenvalue weighted by Crippen LogP contribution is 2.12. The summed E-state index contributed by atoms with van der Waals surface area (Å²) in [7, 11) is 0. The van der Waals surface area contributed by atoms with E-state index in [4.69, 9.17) is 5.11 Å². The molecule has 1 N–H and O–H groups in total. The van der Waals surface area contributed by atoms with Crippen molar-refractivity contribution in [1.29, 1.82) is 0 Å². The van der Waals surface area contributed by atoms with Crippen molar-refractivity contribution in [2.24, 2.45) is 0 Å². The lowest BCUT2D eigenvalue weighted by atomic mass is 10.0. The molecule has 0 atom stereocenters. The number of hydrogen-bond donors (Lipinski definition) is 1. The smallest absolute Gasteiger partial charge is 0.303 e. The number of hydrogen-bond acceptors (Lipinski definition) is 1. The Morgan fingerprint density at radius 1 is 0.615 bits per heavy atom. The molecule has 2 nitrogen and oxygen atoms in total. The summed E-state index contributed by atoms with van der Waals surface area (Å²) >= 11 is 0. The van der Waals surface area contributed by atoms with E-state index < -0.39 is 5.97 Å². The Bertz CT molecular complexity index is 344. The summed E-state index contributed by atoms with van der Waals surface area (Å²) in [5.41, 5.74) is 0. The molecule has 0 rings (SSSR count). The van der Waals surface area contributed by atoms with E-state index in [-0.39, 0.29) is 0 Å². The number of carboxylic acid groups (broad SMARTS) is 1. The van der Waals surface area contributed by atoms with Gasteiger partial charge in [0.15, 0.2) is 0 Å². The molecule has 0 spiro atoms. The monoisotopic (exact) mass is 364 g/mol. The average Bonchev–Trinajstić information content (AvgIpc) is 2.62. The Morgan fingerprint density at radius 3 is 1.50 bits per heavy atom. The first-order valence-corrected chi connectivity index (χ1v) is 11.3. The molecule has 0 radical (unpaired) electrons. The minimum Gasteiger partial charge on any atom is -0.481 e. The van der Waals surface area contributed by atoms with Gasteiger partial charge < -0.3 is 5.11 Å². The predicted molar refractivity (Wildman–Crippen MR) is 115 cm³/mol. The van der Waals surface area contributed by atoms with Gasteiger partial charge >= 0.3 is 5.97 Å². The number of carbonyl (C=O) groups is 1. The van der Waals surface area contributed by atoms with Crippen LogP contribution in [-0.2, 0) is 4.79 Å². The Morgan fingerprint density at radius 2 is 1.04 bits per heavy atom. The maximum Gasteiger partial charge on any atom is 0.303 e. The van der Waals surface area contributed by atoms with E-state index in [2.05, 4.69) is 31.2 Å². The van der Waals surface area contributed by atoms with Gasteiger partial charge in [0.1, 0.15) is 0 Å². The van der Waals surface area contributed by atoms with Crippen molar-refractivity contribution in [2.45, 2.75) is 122 Å². The minimum atomic E-state index is -0.657. The molecule has 0 aromatic carbocycles. The van der Waals surface area contributed by atoms with Gasteiger partial charge in [0.25, 0.3) is 0 Å². The van der Waals surface area contributed by atoms with Gasteiger partial charge in [-0.3, -0.25) is 4.79 Å². The van der Waals surface area contributed by atoms with E-state index in [1.807, 2.05) is 0 Å². The van der Waals surface area contributed by atoms with Crippen molar-refractivity contribution in [1.82, 2.24) is 0 Å². The van der Waals surface area contributed by atoms with Crippen LogP contribution in [0, 0.1) is 0 Å². The number of aliphatic carboxylic acids is 1. The normalized spacial score (nSPS) is 11.7. The van der Waals surface area contributed by atoms with Crippen molar-refractivity contribution < 1.29 is 9.90 Å². The van der Waals surface area contributed by atoms with Crippen LogP contribution in [0.15, 0.2) is 24.3 Å². The zero-order valence-electron chi connectivity index (χ0n) is 17.4. The van der Waals surface area contributed by atoms with Gasteiger partial charge in [-0.2, -0.15) is 0 Å². The molecular weight excluding hydrogens is 320 g/mol. The maximum atomic E-state index is 10.4. The van der Waals surface area contributed by atoms with Crippen LogP contribution in [0.1, 0.15) is 122 Å². The van der Waals surface area contributed by atoms with E-state index in [1.54, 1.807) is 0 Å². The summed E-state index contributed by atoms with van der Waals surface area (Å²) in [6, 6.07) is 0. The molecule has 0 unspecified atom stereocenters. The van der Waals surface area contributed by atoms with E-state index in [9.17, 15) is 4.79 Å². The van der Waals surface area contributed by atoms with Crippen molar-refractivity contribution in [3.8, 4) is 0 Å². The van der Waals surface area contributed by atoms with Crippen LogP contribution in [0.25, 0.3) is 0 Å². The van der Waals surface area contributed by atoms with Gasteiger partial charge in [0, 0.05) is 6.42 Å². The van der Waals surface area contributed by atoms with E-state index >= 15 is 0 Å². The third-order valence-corrected chi connectivity index (χ3v) is 4.84. The second-order valence-corrected chi connectivity index (χ2v) is 7.50. The van der Waals surface area contributed by atoms with Gasteiger partial charge in [-0.25, -0.2) is 0 Å². The second kappa shape index (κ2) is 22.0. The van der Waals surface area contributed by atoms with E-state index in [0.717, 1.165) is 19.3 Å². The molecule has 0 amide bonds. The van der Waals surface area contributed by atoms with Crippen molar-refractivity contribution in [2.75, 3.05) is 0 Å². The quantitative estimate of drug-likeness (QED) is 0.174. The van der Waals surface area contributed by atoms with Crippen LogP contribution in [0.5, 0.6) is 0 Å². The standard InChI is InChI=1S/C24H44O2/c1-2-3-4-5-6-7-8-9-10-11-12-13-14-15-16-17-18-19-20-21-22-23-24(25)26/h6-7,9-10H,2-5,8,11-23H2,1H3,(H,25,26)/b7-6+,10-9+. The molecule has 152 valence electrons. The van der Waals surface area contributed by atoms with Crippen LogP contribution < -0.4 is 0 Å². The van der Waals surface area contributed by atoms with Gasteiger partial charge in [-0.15, -0.1) is 0 Å². The Kier molecular flexibility index (Phi) is 21.1. The summed E-state index contributed by atoms with van der Waals surface area (Å²) < 4.78 is 0. The third kappa shape index (κ3) is 22.9. The Hall–Kier alpha value is -1.05. The first kappa shape index (κ1) is 24.9. The molecule has 0 aromatic rings. The van der Waals surface area contributed by atoms with E-state index in [1.165, 1.54) is 89.9 Å². The molecule has 0 bridgehead atoms. The highest BCUT2D eigenvalue weighted by Gasteiger charge is 1.96. The molecule has 26 heavy (non-hydrogen) atoms. The van der Waals surface area contributed by atoms with Crippen LogP contribution in [0.3, 0.4) is 0 Å². The summed E-state index contributed by atoms with van der Waals surface area (Å²) in [6.07, 6.45) is 31.1. The first-order chi connectivity index (χ1) is 12.8. The van der Waals surface area contributed by atoms with Gasteiger partial charge in [-0.05, 0) is 38.5 Å². The zero-order valence-corrected chi connectivity index (χ0v) is 17.4. The van der Waals surface area contributed by atoms with Crippen LogP contribution in [-0.4, -0.2) is 11.1 Å². The largest absolute Gasteiger partial charge is 0.481 e. The van der Waals surface area contributed by atoms with Gasteiger partial charge in [0.05, 0.1) is 0 Å². The molecule has 0 heterocycles. The summed E-state index contributed by atoms with van der Waals surface area (Å²) in [6.45, 7) is 2.25. The molecule has 2 heteroatoms. The molecule has 0 aliphatic carbocycles. The topological polar surface area (TPSA) is 37.3 Å². The fourth-order valence-corrected chi connectivity index (χ4v) is 3.15. The van der Waals surface area contributed by atoms with Crippen LogP contribution in [0.4, 0.5) is 0 Å². The molecule has 0 fully saturated rings. The van der Waals surface area contributed by atoms with Gasteiger partial charge in [-0.1, -0.05) is 102 Å². The molecular formula is C24H44O2. The maximum absolute atomic E-state index is 10.4. The fourth-order valence-electron chi connectivity index (χ4n) is 3.15. The lowest BCUT2D eigenvalue weighted by Crippen LogP contribution is -1.93. The van der Waals surface area contributed by atoms with Crippen molar-refractivity contribution in [3.63, 3.8) is 0 Å². The minimum absolute atomic E-state index is 0.338. The number of carboxylic acids is 1.